The van der Waals surface area contributed by atoms with Crippen LogP contribution in [-0.4, -0.2) is 20.9 Å². The van der Waals surface area contributed by atoms with Crippen molar-refractivity contribution in [2.45, 2.75) is 115 Å². The first-order valence-corrected chi connectivity index (χ1v) is 11.9. The van der Waals surface area contributed by atoms with Gasteiger partial charge in [-0.05, 0) is 54.9 Å². The normalized spacial score (nSPS) is 21.3. The molecular weight excluding hydrogens is 311 g/mol. The van der Waals surface area contributed by atoms with Crippen LogP contribution < -0.4 is 0 Å². The van der Waals surface area contributed by atoms with E-state index in [0.29, 0.717) is 11.8 Å². The van der Waals surface area contributed by atoms with Gasteiger partial charge in [0.15, 0.2) is 0 Å². The fraction of sp³-hybridized carbons (Fsp3) is 0.857. The highest BCUT2D eigenvalue weighted by Crippen LogP contribution is 2.57. The molecule has 0 N–H and O–H groups in total. The summed E-state index contributed by atoms with van der Waals surface area (Å²) in [5, 5.41) is 5.23. The Labute approximate surface area is 150 Å². The van der Waals surface area contributed by atoms with E-state index in [1.807, 2.05) is 0 Å². The van der Waals surface area contributed by atoms with Crippen molar-refractivity contribution in [1.29, 1.82) is 0 Å². The van der Waals surface area contributed by atoms with Crippen LogP contribution in [0.15, 0.2) is 6.07 Å². The summed E-state index contributed by atoms with van der Waals surface area (Å²) in [5.74, 6) is 1.13. The van der Waals surface area contributed by atoms with E-state index >= 15 is 0 Å². The Morgan fingerprint density at radius 1 is 0.833 bits per heavy atom. The van der Waals surface area contributed by atoms with Crippen LogP contribution in [0.3, 0.4) is 0 Å². The van der Waals surface area contributed by atoms with E-state index in [-0.39, 0.29) is 8.07 Å². The number of nitrogens with zero attached hydrogens (tertiary/aromatic N) is 2. The van der Waals surface area contributed by atoms with Crippen molar-refractivity contribution in [1.82, 2.24) is 9.55 Å². The molecule has 0 radical (unpaired) electrons. The van der Waals surface area contributed by atoms with Crippen LogP contribution in [-0.2, 0) is 0 Å². The zero-order valence-electron chi connectivity index (χ0n) is 16.3. The van der Waals surface area contributed by atoms with Gasteiger partial charge in [-0.2, -0.15) is 5.10 Å². The number of rotatable bonds is 5. The minimum absolute atomic E-state index is 0.144. The lowest BCUT2D eigenvalue weighted by molar-refractivity contribution is 0.478. The van der Waals surface area contributed by atoms with Crippen LogP contribution in [0.25, 0.3) is 0 Å². The molecule has 0 aromatic carbocycles. The molecule has 0 atom stereocenters. The summed E-state index contributed by atoms with van der Waals surface area (Å²) >= 11 is 0. The minimum atomic E-state index is -0.144. The Hall–Kier alpha value is -0.360. The van der Waals surface area contributed by atoms with Gasteiger partial charge in [0.05, 0.1) is 5.69 Å². The summed E-state index contributed by atoms with van der Waals surface area (Å²) in [4.78, 5) is 0. The highest BCUT2D eigenvalue weighted by Gasteiger charge is 2.35. The van der Waals surface area contributed by atoms with Crippen molar-refractivity contribution in [2.24, 2.45) is 0 Å². The molecule has 0 aliphatic heterocycles. The smallest absolute Gasteiger partial charge is 0.0656 e. The topological polar surface area (TPSA) is 17.8 Å². The van der Waals surface area contributed by atoms with Crippen LogP contribution in [0.1, 0.15) is 115 Å². The molecule has 1 heterocycles. The number of hydrogen-bond donors (Lipinski definition) is 0. The van der Waals surface area contributed by atoms with Gasteiger partial charge in [-0.1, -0.05) is 66.2 Å². The second-order valence-electron chi connectivity index (χ2n) is 8.66. The Morgan fingerprint density at radius 3 is 1.75 bits per heavy atom. The third-order valence-electron chi connectivity index (χ3n) is 6.04. The lowest BCUT2D eigenvalue weighted by Gasteiger charge is -2.39. The second-order valence-corrected chi connectivity index (χ2v) is 11.3. The van der Waals surface area contributed by atoms with E-state index < -0.39 is 0 Å². The standard InChI is InChI=1S/C21H37N2P/c1-16(2)20-15-21(17(3)4)23(22-20)24(18-11-7-5-8-12-18)19-13-9-6-10-14-19/h15-19H,5-14H2,1-4H3. The van der Waals surface area contributed by atoms with Crippen LogP contribution in [0, 0.1) is 0 Å². The van der Waals surface area contributed by atoms with Gasteiger partial charge in [-0.15, -0.1) is 0 Å². The van der Waals surface area contributed by atoms with Crippen molar-refractivity contribution < 1.29 is 0 Å². The quantitative estimate of drug-likeness (QED) is 0.522. The molecule has 0 bridgehead atoms. The van der Waals surface area contributed by atoms with Gasteiger partial charge in [0, 0.05) is 13.8 Å². The zero-order valence-corrected chi connectivity index (χ0v) is 17.2. The molecule has 1 aromatic heterocycles. The van der Waals surface area contributed by atoms with Crippen molar-refractivity contribution >= 4 is 8.07 Å². The number of aromatic nitrogens is 2. The molecule has 24 heavy (non-hydrogen) atoms. The molecule has 2 nitrogen and oxygen atoms in total. The van der Waals surface area contributed by atoms with Gasteiger partial charge >= 0.3 is 0 Å². The summed E-state index contributed by atoms with van der Waals surface area (Å²) in [5.41, 5.74) is 4.68. The molecule has 2 aliphatic carbocycles. The summed E-state index contributed by atoms with van der Waals surface area (Å²) in [6.07, 6.45) is 14.5. The van der Waals surface area contributed by atoms with Gasteiger partial charge < -0.3 is 0 Å². The van der Waals surface area contributed by atoms with Crippen LogP contribution in [0.2, 0.25) is 0 Å². The third kappa shape index (κ3) is 4.06. The molecule has 3 heteroatoms. The molecule has 1 aromatic rings. The van der Waals surface area contributed by atoms with Crippen molar-refractivity contribution in [3.05, 3.63) is 17.5 Å². The molecule has 136 valence electrons. The highest BCUT2D eigenvalue weighted by atomic mass is 31.1. The van der Waals surface area contributed by atoms with Crippen molar-refractivity contribution in [2.75, 3.05) is 0 Å². The summed E-state index contributed by atoms with van der Waals surface area (Å²) in [6.45, 7) is 9.29. The Morgan fingerprint density at radius 2 is 1.33 bits per heavy atom. The fourth-order valence-corrected chi connectivity index (χ4v) is 8.33. The Bertz CT molecular complexity index is 490. The Balaban J connectivity index is 1.97. The van der Waals surface area contributed by atoms with E-state index in [4.69, 9.17) is 5.10 Å². The fourth-order valence-electron chi connectivity index (χ4n) is 4.57. The van der Waals surface area contributed by atoms with Gasteiger partial charge in [-0.25, -0.2) is 4.45 Å². The predicted octanol–water partition coefficient (Wildman–Crippen LogP) is 7.04. The maximum Gasteiger partial charge on any atom is 0.0656 e. The average Bonchev–Trinajstić information content (AvgIpc) is 3.03. The first-order chi connectivity index (χ1) is 11.6. The van der Waals surface area contributed by atoms with E-state index in [2.05, 4.69) is 38.2 Å². The van der Waals surface area contributed by atoms with E-state index in [1.165, 1.54) is 75.6 Å². The molecule has 2 aliphatic rings. The van der Waals surface area contributed by atoms with Gasteiger partial charge in [0.25, 0.3) is 0 Å². The van der Waals surface area contributed by atoms with Gasteiger partial charge in [0.1, 0.15) is 0 Å². The van der Waals surface area contributed by atoms with Crippen molar-refractivity contribution in [3.8, 4) is 0 Å². The molecule has 2 saturated carbocycles. The maximum absolute atomic E-state index is 5.23. The van der Waals surface area contributed by atoms with Crippen molar-refractivity contribution in [3.63, 3.8) is 0 Å². The molecule has 0 amide bonds. The first-order valence-electron chi connectivity index (χ1n) is 10.5. The minimum Gasteiger partial charge on any atom is -0.248 e. The summed E-state index contributed by atoms with van der Waals surface area (Å²) < 4.78 is 2.60. The first kappa shape index (κ1) is 18.4. The lowest BCUT2D eigenvalue weighted by atomic mass is 10.00. The maximum atomic E-state index is 5.23. The average molecular weight is 349 g/mol. The van der Waals surface area contributed by atoms with E-state index in [0.717, 1.165) is 11.3 Å². The monoisotopic (exact) mass is 348 g/mol. The van der Waals surface area contributed by atoms with Gasteiger partial charge in [0.2, 0.25) is 0 Å². The van der Waals surface area contributed by atoms with Gasteiger partial charge in [-0.3, -0.25) is 0 Å². The van der Waals surface area contributed by atoms with Crippen LogP contribution in [0.5, 0.6) is 0 Å². The summed E-state index contributed by atoms with van der Waals surface area (Å²) in [6, 6.07) is 2.43. The largest absolute Gasteiger partial charge is 0.248 e. The lowest BCUT2D eigenvalue weighted by Crippen LogP contribution is -2.25. The molecule has 0 unspecified atom stereocenters. The number of hydrogen-bond acceptors (Lipinski definition) is 1. The summed E-state index contributed by atoms with van der Waals surface area (Å²) in [7, 11) is -0.144. The Kier molecular flexibility index (Phi) is 6.41. The molecule has 0 saturated heterocycles. The molecule has 3 rings (SSSR count). The SMILES string of the molecule is CC(C)c1cc(C(C)C)n(P(C2CCCCC2)C2CCCCC2)n1. The van der Waals surface area contributed by atoms with E-state index in [9.17, 15) is 0 Å². The molecular formula is C21H37N2P. The predicted molar refractivity (Wildman–Crippen MR) is 106 cm³/mol. The zero-order chi connectivity index (χ0) is 17.1. The third-order valence-corrected chi connectivity index (χ3v) is 9.32. The highest BCUT2D eigenvalue weighted by molar-refractivity contribution is 7.57. The van der Waals surface area contributed by atoms with E-state index in [1.54, 1.807) is 0 Å². The molecule has 2 fully saturated rings. The molecule has 0 spiro atoms. The second kappa shape index (κ2) is 8.35. The van der Waals surface area contributed by atoms with Crippen LogP contribution >= 0.6 is 8.07 Å². The van der Waals surface area contributed by atoms with Crippen LogP contribution in [0.4, 0.5) is 0 Å².